The van der Waals surface area contributed by atoms with Gasteiger partial charge < -0.3 is 4.90 Å². The van der Waals surface area contributed by atoms with Crippen molar-refractivity contribution >= 4 is 16.5 Å². The lowest BCUT2D eigenvalue weighted by Gasteiger charge is -2.23. The van der Waals surface area contributed by atoms with Gasteiger partial charge >= 0.3 is 0 Å². The minimum absolute atomic E-state index is 0.0599. The zero-order valence-corrected chi connectivity index (χ0v) is 14.1. The van der Waals surface area contributed by atoms with Crippen LogP contribution in [0, 0.1) is 17.3 Å². The fourth-order valence-electron chi connectivity index (χ4n) is 2.38. The number of rotatable bonds is 4. The summed E-state index contributed by atoms with van der Waals surface area (Å²) in [6, 6.07) is 15.0. The SMILES string of the molecule is CCN(C/C=C/C#CC(C)(C)C)c1cccc2ccccc12. The molecule has 0 aliphatic carbocycles. The zero-order valence-electron chi connectivity index (χ0n) is 14.1. The van der Waals surface area contributed by atoms with Crippen LogP contribution in [0.1, 0.15) is 27.7 Å². The average Bonchev–Trinajstić information content (AvgIpc) is 2.49. The zero-order chi connectivity index (χ0) is 16.0. The Morgan fingerprint density at radius 3 is 2.50 bits per heavy atom. The molecule has 0 atom stereocenters. The molecule has 0 unspecified atom stereocenters. The predicted molar refractivity (Wildman–Crippen MR) is 98.2 cm³/mol. The Hall–Kier alpha value is -2.20. The molecule has 0 bridgehead atoms. The van der Waals surface area contributed by atoms with Gasteiger partial charge in [0.2, 0.25) is 0 Å². The minimum Gasteiger partial charge on any atom is -0.368 e. The van der Waals surface area contributed by atoms with E-state index in [9.17, 15) is 0 Å². The summed E-state index contributed by atoms with van der Waals surface area (Å²) in [4.78, 5) is 2.37. The molecule has 2 aromatic carbocycles. The lowest BCUT2D eigenvalue weighted by Crippen LogP contribution is -2.22. The quantitative estimate of drug-likeness (QED) is 0.693. The van der Waals surface area contributed by atoms with Gasteiger partial charge in [-0.15, -0.1) is 0 Å². The van der Waals surface area contributed by atoms with E-state index in [-0.39, 0.29) is 5.41 Å². The summed E-state index contributed by atoms with van der Waals surface area (Å²) >= 11 is 0. The third kappa shape index (κ3) is 4.40. The second-order valence-electron chi connectivity index (χ2n) is 6.46. The van der Waals surface area contributed by atoms with E-state index in [2.05, 4.69) is 93.0 Å². The summed E-state index contributed by atoms with van der Waals surface area (Å²) in [5, 5.41) is 2.59. The van der Waals surface area contributed by atoms with Crippen molar-refractivity contribution in [1.29, 1.82) is 0 Å². The highest BCUT2D eigenvalue weighted by atomic mass is 15.1. The van der Waals surface area contributed by atoms with E-state index in [0.29, 0.717) is 0 Å². The molecule has 0 radical (unpaired) electrons. The van der Waals surface area contributed by atoms with Crippen LogP contribution < -0.4 is 4.90 Å². The number of fused-ring (bicyclic) bond motifs is 1. The van der Waals surface area contributed by atoms with Gasteiger partial charge in [0.05, 0.1) is 0 Å². The fourth-order valence-corrected chi connectivity index (χ4v) is 2.38. The van der Waals surface area contributed by atoms with Crippen LogP contribution in [-0.4, -0.2) is 13.1 Å². The van der Waals surface area contributed by atoms with E-state index in [0.717, 1.165) is 13.1 Å². The van der Waals surface area contributed by atoms with Crippen molar-refractivity contribution in [3.8, 4) is 11.8 Å². The van der Waals surface area contributed by atoms with Crippen LogP contribution in [0.3, 0.4) is 0 Å². The molecule has 0 aliphatic rings. The summed E-state index contributed by atoms with van der Waals surface area (Å²) in [7, 11) is 0. The molecule has 2 aromatic rings. The third-order valence-electron chi connectivity index (χ3n) is 3.46. The first-order valence-corrected chi connectivity index (χ1v) is 7.91. The maximum Gasteiger partial charge on any atom is 0.0448 e. The van der Waals surface area contributed by atoms with Crippen molar-refractivity contribution in [2.45, 2.75) is 27.7 Å². The molecule has 22 heavy (non-hydrogen) atoms. The summed E-state index contributed by atoms with van der Waals surface area (Å²) in [6.45, 7) is 10.4. The Morgan fingerprint density at radius 2 is 1.77 bits per heavy atom. The van der Waals surface area contributed by atoms with Crippen molar-refractivity contribution in [3.63, 3.8) is 0 Å². The molecule has 0 saturated carbocycles. The van der Waals surface area contributed by atoms with Crippen LogP contribution in [0.2, 0.25) is 0 Å². The van der Waals surface area contributed by atoms with Gasteiger partial charge in [-0.1, -0.05) is 54.3 Å². The van der Waals surface area contributed by atoms with E-state index in [1.165, 1.54) is 16.5 Å². The molecule has 0 aromatic heterocycles. The van der Waals surface area contributed by atoms with Gasteiger partial charge in [0.15, 0.2) is 0 Å². The number of anilines is 1. The lowest BCUT2D eigenvalue weighted by atomic mass is 9.98. The van der Waals surface area contributed by atoms with E-state index >= 15 is 0 Å². The van der Waals surface area contributed by atoms with E-state index in [1.54, 1.807) is 0 Å². The summed E-state index contributed by atoms with van der Waals surface area (Å²) in [5.41, 5.74) is 1.35. The molecule has 2 rings (SSSR count). The average molecular weight is 291 g/mol. The molecule has 0 heterocycles. The highest BCUT2D eigenvalue weighted by molar-refractivity contribution is 5.94. The summed E-state index contributed by atoms with van der Waals surface area (Å²) in [5.74, 6) is 6.36. The normalized spacial score (nSPS) is 11.5. The van der Waals surface area contributed by atoms with Gasteiger partial charge in [-0.3, -0.25) is 0 Å². The molecule has 0 N–H and O–H groups in total. The van der Waals surface area contributed by atoms with Crippen LogP contribution >= 0.6 is 0 Å². The molecule has 1 nitrogen and oxygen atoms in total. The standard InChI is InChI=1S/C21H25N/c1-5-22(17-10-6-9-16-21(2,3)4)20-15-11-13-18-12-7-8-14-19(18)20/h6-8,10-15H,5,17H2,1-4H3/b10-6+. The molecule has 0 spiro atoms. The predicted octanol–water partition coefficient (Wildman–Crippen LogP) is 5.27. The molecular weight excluding hydrogens is 266 g/mol. The summed E-state index contributed by atoms with van der Waals surface area (Å²) in [6.07, 6.45) is 4.11. The number of nitrogens with zero attached hydrogens (tertiary/aromatic N) is 1. The van der Waals surface area contributed by atoms with Crippen molar-refractivity contribution in [3.05, 3.63) is 54.6 Å². The van der Waals surface area contributed by atoms with Gasteiger partial charge in [0.1, 0.15) is 0 Å². The second-order valence-corrected chi connectivity index (χ2v) is 6.46. The van der Waals surface area contributed by atoms with Crippen LogP contribution in [0.25, 0.3) is 10.8 Å². The maximum atomic E-state index is 3.23. The van der Waals surface area contributed by atoms with Crippen LogP contribution in [0.4, 0.5) is 5.69 Å². The Morgan fingerprint density at radius 1 is 1.05 bits per heavy atom. The number of hydrogen-bond donors (Lipinski definition) is 0. The molecule has 114 valence electrons. The number of allylic oxidation sites excluding steroid dienone is 1. The molecule has 0 aliphatic heterocycles. The fraction of sp³-hybridized carbons (Fsp3) is 0.333. The number of benzene rings is 2. The van der Waals surface area contributed by atoms with Crippen LogP contribution in [0.5, 0.6) is 0 Å². The van der Waals surface area contributed by atoms with E-state index in [4.69, 9.17) is 0 Å². The van der Waals surface area contributed by atoms with Crippen molar-refractivity contribution in [1.82, 2.24) is 0 Å². The van der Waals surface area contributed by atoms with E-state index < -0.39 is 0 Å². The smallest absolute Gasteiger partial charge is 0.0448 e. The highest BCUT2D eigenvalue weighted by Gasteiger charge is 2.06. The van der Waals surface area contributed by atoms with Gasteiger partial charge in [-0.25, -0.2) is 0 Å². The molecule has 0 saturated heterocycles. The van der Waals surface area contributed by atoms with Gasteiger partial charge in [0, 0.05) is 29.6 Å². The maximum absolute atomic E-state index is 3.23. The first kappa shape index (κ1) is 16.2. The third-order valence-corrected chi connectivity index (χ3v) is 3.46. The van der Waals surface area contributed by atoms with Crippen LogP contribution in [-0.2, 0) is 0 Å². The van der Waals surface area contributed by atoms with Gasteiger partial charge in [-0.2, -0.15) is 0 Å². The molecule has 0 amide bonds. The Balaban J connectivity index is 2.17. The molecule has 1 heteroatoms. The Kier molecular flexibility index (Phi) is 5.28. The second kappa shape index (κ2) is 7.18. The van der Waals surface area contributed by atoms with Gasteiger partial charge in [0.25, 0.3) is 0 Å². The number of likely N-dealkylation sites (N-methyl/N-ethyl adjacent to an activating group) is 1. The first-order valence-electron chi connectivity index (χ1n) is 7.91. The van der Waals surface area contributed by atoms with Crippen molar-refractivity contribution in [2.24, 2.45) is 5.41 Å². The monoisotopic (exact) mass is 291 g/mol. The topological polar surface area (TPSA) is 3.24 Å². The Bertz CT molecular complexity index is 702. The van der Waals surface area contributed by atoms with Crippen molar-refractivity contribution < 1.29 is 0 Å². The molecule has 0 fully saturated rings. The van der Waals surface area contributed by atoms with Crippen molar-refractivity contribution in [2.75, 3.05) is 18.0 Å². The van der Waals surface area contributed by atoms with Gasteiger partial charge in [-0.05, 0) is 45.2 Å². The first-order chi connectivity index (χ1) is 10.5. The lowest BCUT2D eigenvalue weighted by molar-refractivity contribution is 0.571. The van der Waals surface area contributed by atoms with Crippen LogP contribution in [0.15, 0.2) is 54.6 Å². The summed E-state index contributed by atoms with van der Waals surface area (Å²) < 4.78 is 0. The number of hydrogen-bond acceptors (Lipinski definition) is 1. The Labute approximate surface area is 134 Å². The highest BCUT2D eigenvalue weighted by Crippen LogP contribution is 2.26. The minimum atomic E-state index is 0.0599. The van der Waals surface area contributed by atoms with E-state index in [1.807, 2.05) is 6.08 Å². The largest absolute Gasteiger partial charge is 0.368 e. The molecular formula is C21H25N.